The first-order valence-electron chi connectivity index (χ1n) is 11.2. The van der Waals surface area contributed by atoms with Crippen LogP contribution in [0, 0.1) is 11.6 Å². The molecule has 8 nitrogen and oxygen atoms in total. The Kier molecular flexibility index (Phi) is 9.61. The molecule has 0 bridgehead atoms. The summed E-state index contributed by atoms with van der Waals surface area (Å²) in [4.78, 5) is 11.0. The summed E-state index contributed by atoms with van der Waals surface area (Å²) in [7, 11) is -4.70. The minimum absolute atomic E-state index is 0. The van der Waals surface area contributed by atoms with Crippen LogP contribution < -0.4 is 40.6 Å². The molecule has 4 aromatic rings. The van der Waals surface area contributed by atoms with Crippen molar-refractivity contribution in [1.29, 1.82) is 0 Å². The average molecular weight is 588 g/mol. The molecule has 3 N–H and O–H groups in total. The Morgan fingerprint density at radius 2 is 1.65 bits per heavy atom. The molecule has 204 valence electrons. The van der Waals surface area contributed by atoms with Crippen LogP contribution in [0.25, 0.3) is 21.5 Å². The summed E-state index contributed by atoms with van der Waals surface area (Å²) in [6.07, 6.45) is -4.55. The van der Waals surface area contributed by atoms with E-state index in [-0.39, 0.29) is 65.2 Å². The van der Waals surface area contributed by atoms with Gasteiger partial charge in [0, 0.05) is 6.07 Å². The zero-order valence-corrected chi connectivity index (χ0v) is 23.6. The Balaban J connectivity index is 0.00000441. The predicted molar refractivity (Wildman–Crippen MR) is 132 cm³/mol. The molecule has 0 saturated heterocycles. The number of anilines is 1. The molecule has 0 unspecified atom stereocenters. The van der Waals surface area contributed by atoms with Gasteiger partial charge in [-0.2, -0.15) is 18.3 Å². The number of rotatable bonds is 7. The first-order chi connectivity index (χ1) is 18.4. The number of nitrogens with one attached hydrogen (secondary N) is 1. The van der Waals surface area contributed by atoms with Crippen molar-refractivity contribution in [2.45, 2.75) is 17.5 Å². The van der Waals surface area contributed by atoms with E-state index in [9.17, 15) is 35.2 Å². The Labute approximate surface area is 247 Å². The number of halogens is 5. The SMILES string of the molecule is Nc1c(-c2ccccc2)c(C(F)(F)F)nn1-c1ccc(CCNC(=O)[N-]S(=O)(=O)c2ccc(F)cc2F)cc1.[Na+]. The van der Waals surface area contributed by atoms with Gasteiger partial charge in [-0.1, -0.05) is 42.5 Å². The van der Waals surface area contributed by atoms with Gasteiger partial charge in [0.15, 0.2) is 11.7 Å². The van der Waals surface area contributed by atoms with Gasteiger partial charge in [0.2, 0.25) is 10.0 Å². The molecule has 40 heavy (non-hydrogen) atoms. The largest absolute Gasteiger partial charge is 1.00 e. The topological polar surface area (TPSA) is 121 Å². The maximum absolute atomic E-state index is 13.7. The van der Waals surface area contributed by atoms with Gasteiger partial charge in [0.25, 0.3) is 0 Å². The second kappa shape index (κ2) is 12.4. The molecule has 0 aliphatic heterocycles. The molecular weight excluding hydrogens is 568 g/mol. The second-order valence-corrected chi connectivity index (χ2v) is 9.75. The first-order valence-corrected chi connectivity index (χ1v) is 12.6. The molecule has 0 spiro atoms. The number of benzene rings is 3. The summed E-state index contributed by atoms with van der Waals surface area (Å²) in [5.41, 5.74) is 5.86. The third-order valence-corrected chi connectivity index (χ3v) is 6.79. The van der Waals surface area contributed by atoms with Crippen LogP contribution >= 0.6 is 0 Å². The molecule has 3 aromatic carbocycles. The molecule has 4 rings (SSSR count). The van der Waals surface area contributed by atoms with Crippen molar-refractivity contribution < 1.29 is 64.7 Å². The monoisotopic (exact) mass is 587 g/mol. The number of nitrogen functional groups attached to an aromatic ring is 1. The van der Waals surface area contributed by atoms with E-state index in [4.69, 9.17) is 5.73 Å². The van der Waals surface area contributed by atoms with Crippen LogP contribution in [0.15, 0.2) is 77.7 Å². The third kappa shape index (κ3) is 6.99. The van der Waals surface area contributed by atoms with Crippen molar-refractivity contribution in [2.75, 3.05) is 12.3 Å². The number of hydrogen-bond donors (Lipinski definition) is 2. The van der Waals surface area contributed by atoms with Crippen molar-refractivity contribution >= 4 is 21.9 Å². The van der Waals surface area contributed by atoms with Gasteiger partial charge in [-0.25, -0.2) is 21.9 Å². The summed E-state index contributed by atoms with van der Waals surface area (Å²) >= 11 is 0. The van der Waals surface area contributed by atoms with Crippen molar-refractivity contribution in [3.8, 4) is 16.8 Å². The molecule has 0 radical (unpaired) electrons. The number of sulfonamides is 1. The molecule has 2 amide bonds. The van der Waals surface area contributed by atoms with E-state index >= 15 is 0 Å². The first kappa shape index (κ1) is 31.1. The molecular formula is C25H19F5N5NaO3S. The number of amides is 2. The van der Waals surface area contributed by atoms with Gasteiger partial charge in [0.1, 0.15) is 22.3 Å². The number of urea groups is 1. The zero-order valence-electron chi connectivity index (χ0n) is 20.8. The maximum Gasteiger partial charge on any atom is 1.00 e. The fourth-order valence-corrected chi connectivity index (χ4v) is 4.63. The summed E-state index contributed by atoms with van der Waals surface area (Å²) in [6.45, 7) is -0.0661. The molecule has 0 aliphatic carbocycles. The molecule has 0 atom stereocenters. The summed E-state index contributed by atoms with van der Waals surface area (Å²) in [5.74, 6) is -2.58. The third-order valence-electron chi connectivity index (χ3n) is 5.50. The number of carbonyl (C=O) groups is 1. The Morgan fingerprint density at radius 1 is 1.00 bits per heavy atom. The summed E-state index contributed by atoms with van der Waals surface area (Å²) in [5, 5.41) is 5.95. The number of nitrogens with zero attached hydrogens (tertiary/aromatic N) is 3. The molecule has 15 heteroatoms. The van der Waals surface area contributed by atoms with E-state index in [1.54, 1.807) is 30.3 Å². The van der Waals surface area contributed by atoms with Crippen molar-refractivity contribution in [3.05, 3.63) is 100 Å². The van der Waals surface area contributed by atoms with Crippen LogP contribution in [0.4, 0.5) is 32.6 Å². The van der Waals surface area contributed by atoms with Crippen LogP contribution in [0.2, 0.25) is 0 Å². The van der Waals surface area contributed by atoms with Gasteiger partial charge in [-0.05, 0) is 48.4 Å². The maximum atomic E-state index is 13.7. The number of alkyl halides is 3. The van der Waals surface area contributed by atoms with Crippen molar-refractivity contribution in [1.82, 2.24) is 15.1 Å². The van der Waals surface area contributed by atoms with Gasteiger partial charge < -0.3 is 15.8 Å². The van der Waals surface area contributed by atoms with E-state index in [1.807, 2.05) is 0 Å². The quantitative estimate of drug-likeness (QED) is 0.254. The van der Waals surface area contributed by atoms with Crippen LogP contribution in [0.5, 0.6) is 0 Å². The standard InChI is InChI=1S/C25H20F5N5O3S.Na/c26-17-8-11-20(19(27)14-17)39(37,38)34-24(36)32-13-12-15-6-9-18(10-7-15)35-23(31)21(16-4-2-1-3-5-16)22(33-35)25(28,29)30;/h1-11,14H,12-13H2,(H4,31,32,33,34,36);/q;+1/p-1. The normalized spacial score (nSPS) is 11.5. The van der Waals surface area contributed by atoms with Gasteiger partial charge >= 0.3 is 35.7 Å². The van der Waals surface area contributed by atoms with Gasteiger partial charge in [0.05, 0.1) is 11.3 Å². The molecule has 0 aliphatic rings. The molecule has 1 heterocycles. The van der Waals surface area contributed by atoms with E-state index < -0.39 is 44.5 Å². The minimum Gasteiger partial charge on any atom is -0.448 e. The fourth-order valence-electron chi connectivity index (χ4n) is 3.71. The van der Waals surface area contributed by atoms with Crippen LogP contribution in [0.1, 0.15) is 11.3 Å². The molecule has 0 saturated carbocycles. The van der Waals surface area contributed by atoms with E-state index in [2.05, 4.69) is 15.1 Å². The molecule has 1 aromatic heterocycles. The number of carbonyl (C=O) groups excluding carboxylic acids is 1. The zero-order chi connectivity index (χ0) is 28.4. The minimum atomic E-state index is -4.75. The Morgan fingerprint density at radius 3 is 2.25 bits per heavy atom. The number of nitrogens with two attached hydrogens (primary N) is 1. The van der Waals surface area contributed by atoms with Gasteiger partial charge in [-0.3, -0.25) is 4.79 Å². The Hall–Kier alpha value is -3.46. The Bertz CT molecular complexity index is 1610. The second-order valence-electron chi connectivity index (χ2n) is 8.17. The summed E-state index contributed by atoms with van der Waals surface area (Å²) in [6, 6.07) is 14.4. The summed E-state index contributed by atoms with van der Waals surface area (Å²) < 4.78 is 96.0. The average Bonchev–Trinajstić information content (AvgIpc) is 3.22. The number of hydrogen-bond acceptors (Lipinski definition) is 5. The van der Waals surface area contributed by atoms with Crippen molar-refractivity contribution in [2.24, 2.45) is 0 Å². The van der Waals surface area contributed by atoms with Crippen molar-refractivity contribution in [3.63, 3.8) is 0 Å². The van der Waals surface area contributed by atoms with E-state index in [1.165, 1.54) is 24.3 Å². The van der Waals surface area contributed by atoms with Gasteiger partial charge in [-0.15, -0.1) is 0 Å². The van der Waals surface area contributed by atoms with Crippen LogP contribution in [0.3, 0.4) is 0 Å². The van der Waals surface area contributed by atoms with Crippen LogP contribution in [-0.2, 0) is 22.6 Å². The molecule has 0 fully saturated rings. The number of aromatic nitrogens is 2. The van der Waals surface area contributed by atoms with Crippen LogP contribution in [-0.4, -0.2) is 30.8 Å². The van der Waals surface area contributed by atoms with E-state index in [0.29, 0.717) is 17.7 Å². The predicted octanol–water partition coefficient (Wildman–Crippen LogP) is 2.44. The smallest absolute Gasteiger partial charge is 0.448 e. The fraction of sp³-hybridized carbons (Fsp3) is 0.120. The van der Waals surface area contributed by atoms with E-state index in [0.717, 1.165) is 10.7 Å².